The van der Waals surface area contributed by atoms with Crippen LogP contribution in [-0.2, 0) is 28.6 Å². The molecule has 1 heterocycles. The number of ketones is 2. The normalized spacial score (nSPS) is 43.1. The van der Waals surface area contributed by atoms with Gasteiger partial charge >= 0.3 is 0 Å². The van der Waals surface area contributed by atoms with Gasteiger partial charge in [-0.3, -0.25) is 14.4 Å². The molecule has 1 aliphatic heterocycles. The standard InChI is InChI=1S/C29H42N2O7/c1-5-6-25-37-23-12-20-19-8-7-17-11-18(32)9-10-27(17,2)26(19)21(33)13-28(20,3)29(23,38-25)22(34)15-36-16-31(4)24(35)14-30/h9-11,19-21,23,25-26,33H,5-8,12-16,30H2,1-4H3/t19-,20-,21-,23+,25?,26+,27-,28-,29+/m0/s1. The number of ether oxygens (including phenoxy) is 3. The molecular formula is C29H42N2O7. The van der Waals surface area contributed by atoms with E-state index in [4.69, 9.17) is 19.9 Å². The molecule has 5 aliphatic rings. The molecule has 210 valence electrons. The van der Waals surface area contributed by atoms with Crippen LogP contribution in [0.3, 0.4) is 0 Å². The monoisotopic (exact) mass is 530 g/mol. The first kappa shape index (κ1) is 27.6. The molecule has 1 amide bonds. The van der Waals surface area contributed by atoms with Crippen LogP contribution in [0.25, 0.3) is 0 Å². The molecule has 0 aromatic rings. The summed E-state index contributed by atoms with van der Waals surface area (Å²) in [6.07, 6.45) is 8.06. The summed E-state index contributed by atoms with van der Waals surface area (Å²) in [5.41, 5.74) is 4.27. The minimum absolute atomic E-state index is 0.00795. The van der Waals surface area contributed by atoms with Gasteiger partial charge in [-0.15, -0.1) is 0 Å². The van der Waals surface area contributed by atoms with E-state index in [1.165, 1.54) is 4.90 Å². The molecule has 4 fully saturated rings. The van der Waals surface area contributed by atoms with Crippen molar-refractivity contribution in [1.82, 2.24) is 4.90 Å². The van der Waals surface area contributed by atoms with E-state index in [1.807, 2.05) is 6.08 Å². The minimum Gasteiger partial charge on any atom is -0.393 e. The fourth-order valence-corrected chi connectivity index (χ4v) is 8.62. The number of amides is 1. The first-order valence-electron chi connectivity index (χ1n) is 14.0. The van der Waals surface area contributed by atoms with Gasteiger partial charge in [0.2, 0.25) is 5.91 Å². The summed E-state index contributed by atoms with van der Waals surface area (Å²) in [7, 11) is 1.58. The van der Waals surface area contributed by atoms with E-state index in [1.54, 1.807) is 19.2 Å². The second-order valence-corrected chi connectivity index (χ2v) is 12.3. The van der Waals surface area contributed by atoms with Crippen molar-refractivity contribution in [3.8, 4) is 0 Å². The summed E-state index contributed by atoms with van der Waals surface area (Å²) < 4.78 is 18.7. The summed E-state index contributed by atoms with van der Waals surface area (Å²) in [5, 5.41) is 11.8. The van der Waals surface area contributed by atoms with Crippen LogP contribution in [-0.4, -0.2) is 78.5 Å². The van der Waals surface area contributed by atoms with Gasteiger partial charge < -0.3 is 30.0 Å². The fraction of sp³-hybridized carbons (Fsp3) is 0.759. The van der Waals surface area contributed by atoms with Gasteiger partial charge in [-0.05, 0) is 56.1 Å². The second-order valence-electron chi connectivity index (χ2n) is 12.3. The molecule has 4 aliphatic carbocycles. The molecule has 0 aromatic heterocycles. The quantitative estimate of drug-likeness (QED) is 0.457. The lowest BCUT2D eigenvalue weighted by atomic mass is 9.46. The third-order valence-corrected chi connectivity index (χ3v) is 10.3. The Morgan fingerprint density at radius 2 is 2.08 bits per heavy atom. The smallest absolute Gasteiger partial charge is 0.237 e. The summed E-state index contributed by atoms with van der Waals surface area (Å²) >= 11 is 0. The van der Waals surface area contributed by atoms with Crippen LogP contribution >= 0.6 is 0 Å². The highest BCUT2D eigenvalue weighted by Gasteiger charge is 2.75. The maximum absolute atomic E-state index is 14.1. The van der Waals surface area contributed by atoms with Crippen molar-refractivity contribution in [2.24, 2.45) is 34.3 Å². The van der Waals surface area contributed by atoms with Crippen LogP contribution in [0.1, 0.15) is 59.3 Å². The molecule has 1 unspecified atom stereocenters. The van der Waals surface area contributed by atoms with Gasteiger partial charge in [0.15, 0.2) is 23.5 Å². The molecule has 0 aromatic carbocycles. The molecule has 3 saturated carbocycles. The number of likely N-dealkylation sites (N-methyl/N-ethyl adjacent to an activating group) is 1. The number of hydrogen-bond acceptors (Lipinski definition) is 8. The van der Waals surface area contributed by atoms with Crippen LogP contribution in [0.2, 0.25) is 0 Å². The molecule has 0 bridgehead atoms. The van der Waals surface area contributed by atoms with Gasteiger partial charge in [-0.2, -0.15) is 0 Å². The Hall–Kier alpha value is -1.91. The molecule has 9 atom stereocenters. The number of aliphatic hydroxyl groups excluding tert-OH is 1. The van der Waals surface area contributed by atoms with Gasteiger partial charge in [0.05, 0.1) is 18.8 Å². The minimum atomic E-state index is -1.23. The molecule has 5 rings (SSSR count). The number of Topliss-reactive ketones (excluding diaryl/α,β-unsaturated/α-hetero) is 1. The van der Waals surface area contributed by atoms with Crippen molar-refractivity contribution in [2.45, 2.75) is 83.4 Å². The number of fused-ring (bicyclic) bond motifs is 7. The maximum Gasteiger partial charge on any atom is 0.237 e. The summed E-state index contributed by atoms with van der Waals surface area (Å²) in [4.78, 5) is 39.4. The van der Waals surface area contributed by atoms with Gasteiger partial charge in [0.25, 0.3) is 0 Å². The molecule has 0 spiro atoms. The Balaban J connectivity index is 1.45. The molecule has 9 heteroatoms. The predicted molar refractivity (Wildman–Crippen MR) is 138 cm³/mol. The first-order chi connectivity index (χ1) is 18.0. The van der Waals surface area contributed by atoms with Crippen LogP contribution in [0.5, 0.6) is 0 Å². The first-order valence-corrected chi connectivity index (χ1v) is 14.0. The zero-order valence-electron chi connectivity index (χ0n) is 23.0. The van der Waals surface area contributed by atoms with E-state index in [0.29, 0.717) is 19.3 Å². The molecule has 0 radical (unpaired) electrons. The molecular weight excluding hydrogens is 488 g/mol. The number of nitrogens with two attached hydrogens (primary N) is 1. The average Bonchev–Trinajstić information content (AvgIpc) is 3.35. The highest BCUT2D eigenvalue weighted by Crippen LogP contribution is 2.69. The van der Waals surface area contributed by atoms with Gasteiger partial charge in [-0.1, -0.05) is 38.8 Å². The van der Waals surface area contributed by atoms with Crippen molar-refractivity contribution < 1.29 is 33.7 Å². The van der Waals surface area contributed by atoms with Crippen LogP contribution < -0.4 is 5.73 Å². The Labute approximate surface area is 224 Å². The van der Waals surface area contributed by atoms with Crippen molar-refractivity contribution in [3.63, 3.8) is 0 Å². The van der Waals surface area contributed by atoms with Crippen LogP contribution in [0.15, 0.2) is 23.8 Å². The number of nitrogens with zero attached hydrogens (tertiary/aromatic N) is 1. The Morgan fingerprint density at radius 3 is 2.79 bits per heavy atom. The van der Waals surface area contributed by atoms with Crippen molar-refractivity contribution in [3.05, 3.63) is 23.8 Å². The molecule has 1 saturated heterocycles. The van der Waals surface area contributed by atoms with E-state index in [0.717, 1.165) is 24.8 Å². The fourth-order valence-electron chi connectivity index (χ4n) is 8.62. The van der Waals surface area contributed by atoms with Gasteiger partial charge in [0, 0.05) is 23.8 Å². The maximum atomic E-state index is 14.1. The molecule has 38 heavy (non-hydrogen) atoms. The lowest BCUT2D eigenvalue weighted by Crippen LogP contribution is -2.63. The van der Waals surface area contributed by atoms with Crippen molar-refractivity contribution >= 4 is 17.5 Å². The number of carbonyl (C=O) groups is 3. The van der Waals surface area contributed by atoms with E-state index in [-0.39, 0.29) is 60.5 Å². The topological polar surface area (TPSA) is 128 Å². The Bertz CT molecular complexity index is 1060. The largest absolute Gasteiger partial charge is 0.393 e. The number of rotatable bonds is 8. The van der Waals surface area contributed by atoms with E-state index in [9.17, 15) is 19.5 Å². The Morgan fingerprint density at radius 1 is 1.32 bits per heavy atom. The molecule has 3 N–H and O–H groups in total. The van der Waals surface area contributed by atoms with E-state index in [2.05, 4.69) is 20.8 Å². The van der Waals surface area contributed by atoms with Crippen molar-refractivity contribution in [2.75, 3.05) is 26.9 Å². The zero-order chi connectivity index (χ0) is 27.5. The van der Waals surface area contributed by atoms with Gasteiger partial charge in [-0.25, -0.2) is 0 Å². The average molecular weight is 531 g/mol. The van der Waals surface area contributed by atoms with Crippen LogP contribution in [0, 0.1) is 28.6 Å². The van der Waals surface area contributed by atoms with Crippen LogP contribution in [0.4, 0.5) is 0 Å². The van der Waals surface area contributed by atoms with Gasteiger partial charge in [0.1, 0.15) is 13.3 Å². The summed E-state index contributed by atoms with van der Waals surface area (Å²) in [6, 6.07) is 0. The second kappa shape index (κ2) is 9.93. The van der Waals surface area contributed by atoms with E-state index < -0.39 is 29.5 Å². The van der Waals surface area contributed by atoms with Crippen molar-refractivity contribution in [1.29, 1.82) is 0 Å². The summed E-state index contributed by atoms with van der Waals surface area (Å²) in [6.45, 7) is 5.88. The molecule has 9 nitrogen and oxygen atoms in total. The Kier molecular flexibility index (Phi) is 7.22. The lowest BCUT2D eigenvalue weighted by Gasteiger charge is -2.59. The SMILES string of the molecule is CCCC1O[C@@H]2C[C@H]3[C@@H]4CCC5=CC(=O)C=C[C@]5(C)[C@H]4[C@@H](O)C[C@]3(C)[C@]2(C(=O)COCN(C)C(=O)CN)O1. The zero-order valence-corrected chi connectivity index (χ0v) is 23.0. The number of hydrogen-bond donors (Lipinski definition) is 2. The highest BCUT2D eigenvalue weighted by molar-refractivity contribution is 6.01. The lowest BCUT2D eigenvalue weighted by molar-refractivity contribution is -0.201. The highest BCUT2D eigenvalue weighted by atomic mass is 16.7. The number of allylic oxidation sites excluding steroid dienone is 4. The summed E-state index contributed by atoms with van der Waals surface area (Å²) in [5.74, 6) is -0.244. The van der Waals surface area contributed by atoms with E-state index >= 15 is 0 Å². The number of aliphatic hydroxyl groups is 1. The predicted octanol–water partition coefficient (Wildman–Crippen LogP) is 2.12. The third kappa shape index (κ3) is 3.96. The third-order valence-electron chi connectivity index (χ3n) is 10.3. The number of carbonyl (C=O) groups excluding carboxylic acids is 3.